The van der Waals surface area contributed by atoms with Crippen molar-refractivity contribution >= 4 is 11.9 Å². The van der Waals surface area contributed by atoms with Gasteiger partial charge in [0.2, 0.25) is 5.91 Å². The third kappa shape index (κ3) is 4.62. The Morgan fingerprint density at radius 2 is 1.92 bits per heavy atom. The van der Waals surface area contributed by atoms with E-state index in [2.05, 4.69) is 16.8 Å². The maximum Gasteiger partial charge on any atom is 0.335 e. The lowest BCUT2D eigenvalue weighted by Crippen LogP contribution is -2.35. The Bertz CT molecular complexity index is 649. The lowest BCUT2D eigenvalue weighted by molar-refractivity contribution is -0.130. The van der Waals surface area contributed by atoms with Gasteiger partial charge in [0.1, 0.15) is 0 Å². The van der Waals surface area contributed by atoms with Gasteiger partial charge >= 0.3 is 5.97 Å². The molecular formula is C20H29N3O3. The van der Waals surface area contributed by atoms with Gasteiger partial charge < -0.3 is 19.8 Å². The van der Waals surface area contributed by atoms with E-state index in [0.717, 1.165) is 57.7 Å². The Balaban J connectivity index is 1.52. The summed E-state index contributed by atoms with van der Waals surface area (Å²) in [5.74, 6) is -0.576. The second-order valence-electron chi connectivity index (χ2n) is 7.47. The molecule has 0 saturated carbocycles. The highest BCUT2D eigenvalue weighted by atomic mass is 16.4. The molecule has 0 spiro atoms. The van der Waals surface area contributed by atoms with Crippen LogP contribution in [0.3, 0.4) is 0 Å². The number of amides is 1. The zero-order valence-corrected chi connectivity index (χ0v) is 15.6. The van der Waals surface area contributed by atoms with E-state index in [-0.39, 0.29) is 11.8 Å². The third-order valence-corrected chi connectivity index (χ3v) is 5.63. The van der Waals surface area contributed by atoms with Crippen LogP contribution in [0.25, 0.3) is 0 Å². The molecule has 26 heavy (non-hydrogen) atoms. The van der Waals surface area contributed by atoms with E-state index in [1.165, 1.54) is 0 Å². The van der Waals surface area contributed by atoms with Crippen LogP contribution in [0.1, 0.15) is 41.1 Å². The smallest absolute Gasteiger partial charge is 0.335 e. The number of carbonyl (C=O) groups excluding carboxylic acids is 1. The molecule has 2 saturated heterocycles. The van der Waals surface area contributed by atoms with Gasteiger partial charge in [0, 0.05) is 45.1 Å². The number of hydrogen-bond donors (Lipinski definition) is 1. The van der Waals surface area contributed by atoms with Gasteiger partial charge in [-0.2, -0.15) is 0 Å². The van der Waals surface area contributed by atoms with Crippen LogP contribution in [0.4, 0.5) is 0 Å². The number of likely N-dealkylation sites (tertiary alicyclic amines) is 1. The highest BCUT2D eigenvalue weighted by Crippen LogP contribution is 2.30. The fraction of sp³-hybridized carbons (Fsp3) is 0.600. The fourth-order valence-electron chi connectivity index (χ4n) is 4.02. The van der Waals surface area contributed by atoms with E-state index < -0.39 is 5.97 Å². The van der Waals surface area contributed by atoms with Crippen LogP contribution in [0.5, 0.6) is 0 Å². The summed E-state index contributed by atoms with van der Waals surface area (Å²) in [4.78, 5) is 30.7. The van der Waals surface area contributed by atoms with Gasteiger partial charge in [0.25, 0.3) is 0 Å². The topological polar surface area (TPSA) is 64.1 Å². The number of aromatic carboxylic acids is 1. The highest BCUT2D eigenvalue weighted by Gasteiger charge is 2.29. The molecular weight excluding hydrogens is 330 g/mol. The van der Waals surface area contributed by atoms with Crippen LogP contribution in [0, 0.1) is 0 Å². The molecule has 0 bridgehead atoms. The van der Waals surface area contributed by atoms with Crippen LogP contribution < -0.4 is 0 Å². The number of carbonyl (C=O) groups is 2. The average molecular weight is 359 g/mol. The third-order valence-electron chi connectivity index (χ3n) is 5.63. The second kappa shape index (κ2) is 8.64. The van der Waals surface area contributed by atoms with Crippen molar-refractivity contribution < 1.29 is 14.7 Å². The van der Waals surface area contributed by atoms with Gasteiger partial charge in [-0.05, 0) is 44.6 Å². The molecule has 0 aliphatic carbocycles. The maximum absolute atomic E-state index is 12.6. The summed E-state index contributed by atoms with van der Waals surface area (Å²) in [5.41, 5.74) is 1.21. The molecule has 0 aromatic heterocycles. The molecule has 1 N–H and O–H groups in total. The van der Waals surface area contributed by atoms with Crippen LogP contribution in [0.15, 0.2) is 24.3 Å². The number of carboxylic acid groups (broad SMARTS) is 1. The van der Waals surface area contributed by atoms with Gasteiger partial charge in [-0.3, -0.25) is 4.79 Å². The largest absolute Gasteiger partial charge is 0.478 e. The van der Waals surface area contributed by atoms with E-state index in [4.69, 9.17) is 0 Å². The lowest BCUT2D eigenvalue weighted by Gasteiger charge is -2.22. The van der Waals surface area contributed by atoms with Crippen molar-refractivity contribution in [1.82, 2.24) is 14.7 Å². The summed E-state index contributed by atoms with van der Waals surface area (Å²) >= 11 is 0. The van der Waals surface area contributed by atoms with E-state index in [1.807, 2.05) is 17.0 Å². The lowest BCUT2D eigenvalue weighted by atomic mass is 9.93. The van der Waals surface area contributed by atoms with Crippen molar-refractivity contribution in [3.8, 4) is 0 Å². The molecule has 2 aliphatic rings. The molecule has 2 aliphatic heterocycles. The Hall–Kier alpha value is -1.92. The van der Waals surface area contributed by atoms with Crippen molar-refractivity contribution in [3.63, 3.8) is 0 Å². The molecule has 1 atom stereocenters. The first-order chi connectivity index (χ1) is 12.5. The first kappa shape index (κ1) is 18.9. The Morgan fingerprint density at radius 3 is 2.73 bits per heavy atom. The number of hydrogen-bond acceptors (Lipinski definition) is 4. The molecule has 1 amide bonds. The number of carboxylic acids is 1. The molecule has 6 nitrogen and oxygen atoms in total. The van der Waals surface area contributed by atoms with Gasteiger partial charge in [0.05, 0.1) is 5.56 Å². The molecule has 1 aromatic rings. The molecule has 2 fully saturated rings. The predicted octanol–water partition coefficient (Wildman–Crippen LogP) is 1.73. The Kier molecular flexibility index (Phi) is 6.27. The summed E-state index contributed by atoms with van der Waals surface area (Å²) in [6.07, 6.45) is 2.55. The van der Waals surface area contributed by atoms with E-state index >= 15 is 0 Å². The summed E-state index contributed by atoms with van der Waals surface area (Å²) in [5, 5.41) is 9.38. The Labute approximate surface area is 155 Å². The summed E-state index contributed by atoms with van der Waals surface area (Å²) in [6, 6.07) is 7.17. The molecule has 3 rings (SSSR count). The monoisotopic (exact) mass is 359 g/mol. The number of nitrogens with zero attached hydrogens (tertiary/aromatic N) is 3. The summed E-state index contributed by atoms with van der Waals surface area (Å²) in [7, 11) is 2.15. The summed E-state index contributed by atoms with van der Waals surface area (Å²) < 4.78 is 0. The van der Waals surface area contributed by atoms with E-state index in [1.54, 1.807) is 12.1 Å². The van der Waals surface area contributed by atoms with Crippen LogP contribution in [-0.4, -0.2) is 84.5 Å². The number of likely N-dealkylation sites (N-methyl/N-ethyl adjacent to an activating group) is 1. The van der Waals surface area contributed by atoms with Crippen molar-refractivity contribution in [1.29, 1.82) is 0 Å². The van der Waals surface area contributed by atoms with Crippen molar-refractivity contribution in [2.24, 2.45) is 0 Å². The van der Waals surface area contributed by atoms with Crippen LogP contribution in [-0.2, 0) is 4.79 Å². The minimum atomic E-state index is -0.892. The molecule has 142 valence electrons. The van der Waals surface area contributed by atoms with Crippen LogP contribution >= 0.6 is 0 Å². The van der Waals surface area contributed by atoms with Gasteiger partial charge in [0.15, 0.2) is 0 Å². The Morgan fingerprint density at radius 1 is 1.12 bits per heavy atom. The normalized spacial score (nSPS) is 22.3. The van der Waals surface area contributed by atoms with Crippen LogP contribution in [0.2, 0.25) is 0 Å². The first-order valence-corrected chi connectivity index (χ1v) is 9.55. The minimum Gasteiger partial charge on any atom is -0.478 e. The van der Waals surface area contributed by atoms with E-state index in [0.29, 0.717) is 18.5 Å². The van der Waals surface area contributed by atoms with E-state index in [9.17, 15) is 14.7 Å². The van der Waals surface area contributed by atoms with Crippen molar-refractivity contribution in [3.05, 3.63) is 35.4 Å². The maximum atomic E-state index is 12.6. The van der Waals surface area contributed by atoms with Crippen molar-refractivity contribution in [2.45, 2.75) is 25.2 Å². The molecule has 2 heterocycles. The number of benzene rings is 1. The predicted molar refractivity (Wildman–Crippen MR) is 101 cm³/mol. The molecule has 1 unspecified atom stereocenters. The van der Waals surface area contributed by atoms with Gasteiger partial charge in [-0.1, -0.05) is 18.2 Å². The summed E-state index contributed by atoms with van der Waals surface area (Å²) in [6.45, 7) is 6.45. The zero-order valence-electron chi connectivity index (χ0n) is 15.6. The molecule has 0 radical (unpaired) electrons. The average Bonchev–Trinajstić information content (AvgIpc) is 3.04. The second-order valence-corrected chi connectivity index (χ2v) is 7.47. The fourth-order valence-corrected chi connectivity index (χ4v) is 4.02. The minimum absolute atomic E-state index is 0.123. The number of rotatable bonds is 5. The SMILES string of the molecule is CN1CCCN(CCC(=O)N2CCC(c3ccccc3C(=O)O)C2)CC1. The quantitative estimate of drug-likeness (QED) is 0.867. The molecule has 1 aromatic carbocycles. The van der Waals surface area contributed by atoms with Gasteiger partial charge in [-0.15, -0.1) is 0 Å². The highest BCUT2D eigenvalue weighted by molar-refractivity contribution is 5.89. The zero-order chi connectivity index (χ0) is 18.5. The molecule has 6 heteroatoms. The standard InChI is InChI=1S/C20H29N3O3/c1-21-9-4-10-22(14-13-21)11-8-19(24)23-12-7-16(15-23)17-5-2-3-6-18(17)20(25)26/h2-3,5-6,16H,4,7-15H2,1H3,(H,25,26). The first-order valence-electron chi connectivity index (χ1n) is 9.55. The van der Waals surface area contributed by atoms with Crippen molar-refractivity contribution in [2.75, 3.05) is 52.9 Å². The van der Waals surface area contributed by atoms with Gasteiger partial charge in [-0.25, -0.2) is 4.79 Å².